The van der Waals surface area contributed by atoms with Gasteiger partial charge in [0, 0.05) is 29.4 Å². The van der Waals surface area contributed by atoms with Crippen molar-refractivity contribution in [2.75, 3.05) is 12.8 Å². The Balaban J connectivity index is 2.31. The van der Waals surface area contributed by atoms with E-state index in [9.17, 15) is 0 Å². The summed E-state index contributed by atoms with van der Waals surface area (Å²) in [6, 6.07) is 6.13. The molecule has 0 aliphatic heterocycles. The largest absolute Gasteiger partial charge is 0.398 e. The summed E-state index contributed by atoms with van der Waals surface area (Å²) in [7, 11) is 1.70. The molecule has 0 spiro atoms. The van der Waals surface area contributed by atoms with Gasteiger partial charge in [-0.15, -0.1) is 0 Å². The Hall–Kier alpha value is -1.61. The van der Waals surface area contributed by atoms with Gasteiger partial charge in [0.1, 0.15) is 0 Å². The van der Waals surface area contributed by atoms with Crippen molar-refractivity contribution in [3.05, 3.63) is 35.0 Å². The van der Waals surface area contributed by atoms with E-state index in [1.165, 1.54) is 17.7 Å². The number of para-hydroxylation sites is 1. The molecule has 88 valence electrons. The Labute approximate surface area is 101 Å². The molecule has 0 atom stereocenters. The smallest absolute Gasteiger partial charge is 0.0781 e. The maximum Gasteiger partial charge on any atom is 0.0781 e. The zero-order chi connectivity index (χ0) is 11.8. The van der Waals surface area contributed by atoms with Crippen molar-refractivity contribution in [3.8, 4) is 0 Å². The van der Waals surface area contributed by atoms with Crippen molar-refractivity contribution in [2.45, 2.75) is 25.9 Å². The zero-order valence-electron chi connectivity index (χ0n) is 9.99. The summed E-state index contributed by atoms with van der Waals surface area (Å²) in [6.45, 7) is 0.586. The fourth-order valence-electron chi connectivity index (χ4n) is 2.65. The molecule has 0 fully saturated rings. The van der Waals surface area contributed by atoms with E-state index in [2.05, 4.69) is 12.1 Å². The van der Waals surface area contributed by atoms with E-state index in [1.54, 1.807) is 7.11 Å². The number of hydrogen-bond acceptors (Lipinski definition) is 3. The normalized spacial score (nSPS) is 14.2. The summed E-state index contributed by atoms with van der Waals surface area (Å²) in [6.07, 6.45) is 3.29. The van der Waals surface area contributed by atoms with Crippen molar-refractivity contribution in [2.24, 2.45) is 0 Å². The number of pyridine rings is 1. The first kappa shape index (κ1) is 10.5. The van der Waals surface area contributed by atoms with Crippen LogP contribution in [0.15, 0.2) is 18.2 Å². The molecule has 3 rings (SSSR count). The predicted octanol–water partition coefficient (Wildman–Crippen LogP) is 2.45. The molecule has 0 amide bonds. The van der Waals surface area contributed by atoms with Gasteiger partial charge in [0.05, 0.1) is 12.1 Å². The highest BCUT2D eigenvalue weighted by molar-refractivity contribution is 5.94. The van der Waals surface area contributed by atoms with Gasteiger partial charge >= 0.3 is 0 Å². The fourth-order valence-corrected chi connectivity index (χ4v) is 2.65. The van der Waals surface area contributed by atoms with Crippen molar-refractivity contribution < 1.29 is 4.74 Å². The number of benzene rings is 1. The van der Waals surface area contributed by atoms with Crippen LogP contribution in [-0.4, -0.2) is 12.1 Å². The molecule has 0 saturated heterocycles. The van der Waals surface area contributed by atoms with E-state index in [0.29, 0.717) is 6.61 Å². The summed E-state index contributed by atoms with van der Waals surface area (Å²) < 4.78 is 5.21. The molecule has 1 aliphatic carbocycles. The van der Waals surface area contributed by atoms with Crippen molar-refractivity contribution in [1.29, 1.82) is 0 Å². The number of aromatic nitrogens is 1. The Kier molecular flexibility index (Phi) is 2.48. The maximum atomic E-state index is 6.25. The average molecular weight is 228 g/mol. The first-order valence-corrected chi connectivity index (χ1v) is 5.99. The lowest BCUT2D eigenvalue weighted by Crippen LogP contribution is -2.01. The number of ether oxygens (including phenoxy) is 1. The summed E-state index contributed by atoms with van der Waals surface area (Å²) in [5.41, 5.74) is 11.7. The van der Waals surface area contributed by atoms with Crippen LogP contribution in [0.1, 0.15) is 23.2 Å². The molecule has 2 N–H and O–H groups in total. The number of methoxy groups -OCH3 is 1. The lowest BCUT2D eigenvalue weighted by molar-refractivity contribution is 0.186. The van der Waals surface area contributed by atoms with Crippen LogP contribution in [0.3, 0.4) is 0 Å². The maximum absolute atomic E-state index is 6.25. The minimum atomic E-state index is 0.586. The lowest BCUT2D eigenvalue weighted by Gasteiger charge is -2.11. The van der Waals surface area contributed by atoms with E-state index < -0.39 is 0 Å². The van der Waals surface area contributed by atoms with Crippen LogP contribution in [0.25, 0.3) is 10.9 Å². The fraction of sp³-hybridized carbons (Fsp3) is 0.357. The van der Waals surface area contributed by atoms with Crippen molar-refractivity contribution in [1.82, 2.24) is 4.98 Å². The van der Waals surface area contributed by atoms with Crippen LogP contribution in [-0.2, 0) is 24.2 Å². The summed E-state index contributed by atoms with van der Waals surface area (Å²) in [5.74, 6) is 0. The number of nitrogens with zero attached hydrogens (tertiary/aromatic N) is 1. The number of fused-ring (bicyclic) bond motifs is 2. The second kappa shape index (κ2) is 4.00. The first-order valence-electron chi connectivity index (χ1n) is 5.99. The number of rotatable bonds is 2. The SMILES string of the molecule is COCc1cccc2c(N)c3c(nc12)CCC3. The predicted molar refractivity (Wildman–Crippen MR) is 68.9 cm³/mol. The van der Waals surface area contributed by atoms with E-state index in [0.717, 1.165) is 35.0 Å². The third-order valence-corrected chi connectivity index (χ3v) is 3.47. The third kappa shape index (κ3) is 1.58. The van der Waals surface area contributed by atoms with Gasteiger partial charge in [0.15, 0.2) is 0 Å². The van der Waals surface area contributed by atoms with Crippen LogP contribution in [0.4, 0.5) is 5.69 Å². The van der Waals surface area contributed by atoms with Crippen LogP contribution in [0.2, 0.25) is 0 Å². The molecule has 0 unspecified atom stereocenters. The highest BCUT2D eigenvalue weighted by atomic mass is 16.5. The highest BCUT2D eigenvalue weighted by Crippen LogP contribution is 2.33. The van der Waals surface area contributed by atoms with Crippen LogP contribution >= 0.6 is 0 Å². The van der Waals surface area contributed by atoms with Crippen LogP contribution in [0.5, 0.6) is 0 Å². The van der Waals surface area contributed by atoms with Gasteiger partial charge in [-0.2, -0.15) is 0 Å². The second-order valence-corrected chi connectivity index (χ2v) is 4.55. The highest BCUT2D eigenvalue weighted by Gasteiger charge is 2.18. The van der Waals surface area contributed by atoms with E-state index in [4.69, 9.17) is 15.5 Å². The molecule has 3 heteroatoms. The molecular formula is C14H16N2O. The summed E-state index contributed by atoms with van der Waals surface area (Å²) >= 11 is 0. The monoisotopic (exact) mass is 228 g/mol. The van der Waals surface area contributed by atoms with Gasteiger partial charge < -0.3 is 10.5 Å². The average Bonchev–Trinajstić information content (AvgIpc) is 2.79. The number of anilines is 1. The van der Waals surface area contributed by atoms with Gasteiger partial charge in [-0.05, 0) is 24.8 Å². The molecule has 0 radical (unpaired) electrons. The Morgan fingerprint density at radius 3 is 3.06 bits per heavy atom. The van der Waals surface area contributed by atoms with E-state index in [1.807, 2.05) is 6.07 Å². The number of hydrogen-bond donors (Lipinski definition) is 1. The van der Waals surface area contributed by atoms with Crippen LogP contribution < -0.4 is 5.73 Å². The van der Waals surface area contributed by atoms with Gasteiger partial charge in [0.25, 0.3) is 0 Å². The molecule has 1 heterocycles. The number of aryl methyl sites for hydroxylation is 1. The molecular weight excluding hydrogens is 212 g/mol. The summed E-state index contributed by atoms with van der Waals surface area (Å²) in [5, 5.41) is 1.07. The number of nitrogens with two attached hydrogens (primary N) is 1. The molecule has 0 bridgehead atoms. The minimum absolute atomic E-state index is 0.586. The standard InChI is InChI=1S/C14H16N2O/c1-17-8-9-4-2-6-11-13(15)10-5-3-7-12(10)16-14(9)11/h2,4,6H,3,5,7-8H2,1H3,(H2,15,16). The molecule has 17 heavy (non-hydrogen) atoms. The lowest BCUT2D eigenvalue weighted by atomic mass is 10.0. The molecule has 1 aromatic carbocycles. The molecule has 3 nitrogen and oxygen atoms in total. The van der Waals surface area contributed by atoms with Gasteiger partial charge in [-0.3, -0.25) is 4.98 Å². The minimum Gasteiger partial charge on any atom is -0.398 e. The van der Waals surface area contributed by atoms with E-state index in [-0.39, 0.29) is 0 Å². The Morgan fingerprint density at radius 1 is 1.35 bits per heavy atom. The molecule has 2 aromatic rings. The quantitative estimate of drug-likeness (QED) is 0.858. The van der Waals surface area contributed by atoms with Gasteiger partial charge in [-0.1, -0.05) is 18.2 Å². The van der Waals surface area contributed by atoms with Crippen molar-refractivity contribution in [3.63, 3.8) is 0 Å². The molecule has 1 aromatic heterocycles. The number of nitrogen functional groups attached to an aromatic ring is 1. The first-order chi connectivity index (χ1) is 8.31. The second-order valence-electron chi connectivity index (χ2n) is 4.55. The van der Waals surface area contributed by atoms with Crippen LogP contribution in [0, 0.1) is 0 Å². The molecule has 0 saturated carbocycles. The Bertz CT molecular complexity index is 578. The zero-order valence-corrected chi connectivity index (χ0v) is 9.99. The summed E-state index contributed by atoms with van der Waals surface area (Å²) in [4.78, 5) is 4.78. The topological polar surface area (TPSA) is 48.1 Å². The van der Waals surface area contributed by atoms with E-state index >= 15 is 0 Å². The van der Waals surface area contributed by atoms with Crippen molar-refractivity contribution >= 4 is 16.6 Å². The molecule has 1 aliphatic rings. The van der Waals surface area contributed by atoms with Gasteiger partial charge in [-0.25, -0.2) is 0 Å². The third-order valence-electron chi connectivity index (χ3n) is 3.47. The Morgan fingerprint density at radius 2 is 2.24 bits per heavy atom. The van der Waals surface area contributed by atoms with Gasteiger partial charge in [0.2, 0.25) is 0 Å².